The highest BCUT2D eigenvalue weighted by Crippen LogP contribution is 2.27. The van der Waals surface area contributed by atoms with Crippen molar-refractivity contribution < 1.29 is 22.7 Å². The van der Waals surface area contributed by atoms with Gasteiger partial charge >= 0.3 is 5.97 Å². The average molecular weight is 363 g/mol. The number of hydrogen-bond acceptors (Lipinski definition) is 5. The molecular weight excluding hydrogens is 342 g/mol. The van der Waals surface area contributed by atoms with Gasteiger partial charge in [-0.3, -0.25) is 4.31 Å². The number of carbonyl (C=O) groups excluding carboxylic acids is 1. The molecule has 0 aliphatic carbocycles. The topological polar surface area (TPSA) is 72.9 Å². The largest absolute Gasteiger partial charge is 0.494 e. The van der Waals surface area contributed by atoms with Crippen molar-refractivity contribution in [2.45, 2.75) is 18.7 Å². The summed E-state index contributed by atoms with van der Waals surface area (Å²) in [5, 5.41) is 0. The second-order valence-electron chi connectivity index (χ2n) is 5.11. The Kier molecular flexibility index (Phi) is 6.03. The van der Waals surface area contributed by atoms with Crippen LogP contribution in [-0.4, -0.2) is 34.6 Å². The minimum Gasteiger partial charge on any atom is -0.494 e. The lowest BCUT2D eigenvalue weighted by Gasteiger charge is -2.22. The molecule has 0 amide bonds. The third-order valence-corrected chi connectivity index (χ3v) is 5.32. The quantitative estimate of drug-likeness (QED) is 0.707. The fraction of sp³-hybridized carbons (Fsp3) is 0.278. The maximum Gasteiger partial charge on any atom is 0.340 e. The van der Waals surface area contributed by atoms with Crippen LogP contribution in [0.3, 0.4) is 0 Å². The van der Waals surface area contributed by atoms with Crippen molar-refractivity contribution >= 4 is 21.7 Å². The molecule has 0 aromatic heterocycles. The predicted octanol–water partition coefficient (Wildman–Crippen LogP) is 3.09. The monoisotopic (exact) mass is 363 g/mol. The van der Waals surface area contributed by atoms with E-state index in [4.69, 9.17) is 9.47 Å². The first-order valence-electron chi connectivity index (χ1n) is 7.89. The fourth-order valence-electron chi connectivity index (χ4n) is 2.29. The zero-order chi connectivity index (χ0) is 18.4. The van der Waals surface area contributed by atoms with E-state index in [1.165, 1.54) is 25.2 Å². The van der Waals surface area contributed by atoms with Crippen molar-refractivity contribution in [1.82, 2.24) is 0 Å². The number of carbonyl (C=O) groups is 1. The number of nitrogens with zero attached hydrogens (tertiary/aromatic N) is 1. The van der Waals surface area contributed by atoms with E-state index >= 15 is 0 Å². The lowest BCUT2D eigenvalue weighted by Crippen LogP contribution is -2.28. The molecule has 6 nitrogen and oxygen atoms in total. The van der Waals surface area contributed by atoms with Gasteiger partial charge in [0.25, 0.3) is 10.0 Å². The molecule has 7 heteroatoms. The Labute approximate surface area is 148 Å². The summed E-state index contributed by atoms with van der Waals surface area (Å²) in [6, 6.07) is 12.6. The van der Waals surface area contributed by atoms with Gasteiger partial charge in [-0.05, 0) is 50.2 Å². The Bertz CT molecular complexity index is 831. The Morgan fingerprint density at radius 3 is 2.24 bits per heavy atom. The number of para-hydroxylation sites is 1. The molecule has 0 radical (unpaired) electrons. The van der Waals surface area contributed by atoms with Crippen molar-refractivity contribution in [3.8, 4) is 5.75 Å². The predicted molar refractivity (Wildman–Crippen MR) is 95.6 cm³/mol. The maximum absolute atomic E-state index is 12.9. The van der Waals surface area contributed by atoms with E-state index in [2.05, 4.69) is 0 Å². The van der Waals surface area contributed by atoms with Crippen LogP contribution >= 0.6 is 0 Å². The Morgan fingerprint density at radius 2 is 1.64 bits per heavy atom. The lowest BCUT2D eigenvalue weighted by molar-refractivity contribution is 0.0527. The summed E-state index contributed by atoms with van der Waals surface area (Å²) in [7, 11) is -2.42. The van der Waals surface area contributed by atoms with Crippen molar-refractivity contribution in [3.63, 3.8) is 0 Å². The van der Waals surface area contributed by atoms with Crippen LogP contribution < -0.4 is 9.04 Å². The second kappa shape index (κ2) is 8.02. The molecule has 0 unspecified atom stereocenters. The van der Waals surface area contributed by atoms with Crippen LogP contribution in [0.5, 0.6) is 5.75 Å². The summed E-state index contributed by atoms with van der Waals surface area (Å²) >= 11 is 0. The number of sulfonamides is 1. The molecule has 0 bridgehead atoms. The summed E-state index contributed by atoms with van der Waals surface area (Å²) in [4.78, 5) is 12.2. The molecular formula is C18H21NO5S. The lowest BCUT2D eigenvalue weighted by atomic mass is 10.2. The van der Waals surface area contributed by atoms with Gasteiger partial charge in [0.15, 0.2) is 0 Å². The van der Waals surface area contributed by atoms with Gasteiger partial charge in [-0.15, -0.1) is 0 Å². The first-order valence-corrected chi connectivity index (χ1v) is 9.33. The van der Waals surface area contributed by atoms with Crippen molar-refractivity contribution in [1.29, 1.82) is 0 Å². The molecule has 0 heterocycles. The molecule has 0 atom stereocenters. The van der Waals surface area contributed by atoms with Gasteiger partial charge in [-0.2, -0.15) is 0 Å². The summed E-state index contributed by atoms with van der Waals surface area (Å²) in [6.45, 7) is 4.26. The van der Waals surface area contributed by atoms with Crippen LogP contribution in [0, 0.1) is 0 Å². The van der Waals surface area contributed by atoms with Crippen LogP contribution in [0.2, 0.25) is 0 Å². The molecule has 0 aliphatic rings. The summed E-state index contributed by atoms with van der Waals surface area (Å²) < 4.78 is 37.1. The van der Waals surface area contributed by atoms with Crippen LogP contribution in [0.1, 0.15) is 24.2 Å². The summed E-state index contributed by atoms with van der Waals surface area (Å²) in [5.41, 5.74) is 0.455. The van der Waals surface area contributed by atoms with E-state index in [0.717, 1.165) is 4.31 Å². The number of ether oxygens (including phenoxy) is 2. The number of hydrogen-bond donors (Lipinski definition) is 0. The molecule has 2 aromatic rings. The highest BCUT2D eigenvalue weighted by Gasteiger charge is 2.25. The highest BCUT2D eigenvalue weighted by atomic mass is 32.2. The molecule has 0 fully saturated rings. The van der Waals surface area contributed by atoms with Gasteiger partial charge in [0.1, 0.15) is 5.75 Å². The van der Waals surface area contributed by atoms with E-state index in [1.54, 1.807) is 37.3 Å². The van der Waals surface area contributed by atoms with Crippen molar-refractivity contribution in [2.24, 2.45) is 0 Å². The van der Waals surface area contributed by atoms with Gasteiger partial charge < -0.3 is 9.47 Å². The number of anilines is 1. The molecule has 134 valence electrons. The smallest absolute Gasteiger partial charge is 0.340 e. The Balaban J connectivity index is 2.39. The molecule has 0 aliphatic heterocycles. The van der Waals surface area contributed by atoms with E-state index < -0.39 is 16.0 Å². The van der Waals surface area contributed by atoms with Crippen molar-refractivity contribution in [2.75, 3.05) is 24.6 Å². The normalized spacial score (nSPS) is 11.0. The molecule has 0 saturated carbocycles. The van der Waals surface area contributed by atoms with Crippen molar-refractivity contribution in [3.05, 3.63) is 54.1 Å². The molecule has 0 N–H and O–H groups in total. The molecule has 25 heavy (non-hydrogen) atoms. The summed E-state index contributed by atoms with van der Waals surface area (Å²) in [5.74, 6) is 0.0304. The zero-order valence-electron chi connectivity index (χ0n) is 14.4. The van der Waals surface area contributed by atoms with Crippen LogP contribution in [0.15, 0.2) is 53.4 Å². The van der Waals surface area contributed by atoms with Gasteiger partial charge in [-0.1, -0.05) is 12.1 Å². The maximum atomic E-state index is 12.9. The second-order valence-corrected chi connectivity index (χ2v) is 7.08. The van der Waals surface area contributed by atoms with E-state index in [-0.39, 0.29) is 22.8 Å². The van der Waals surface area contributed by atoms with Gasteiger partial charge in [0.05, 0.1) is 29.4 Å². The molecule has 2 aromatic carbocycles. The first kappa shape index (κ1) is 18.8. The van der Waals surface area contributed by atoms with E-state index in [9.17, 15) is 13.2 Å². The van der Waals surface area contributed by atoms with Gasteiger partial charge in [-0.25, -0.2) is 13.2 Å². The molecule has 2 rings (SSSR count). The van der Waals surface area contributed by atoms with Gasteiger partial charge in [0, 0.05) is 7.05 Å². The highest BCUT2D eigenvalue weighted by molar-refractivity contribution is 7.92. The average Bonchev–Trinajstić information content (AvgIpc) is 2.62. The summed E-state index contributed by atoms with van der Waals surface area (Å²) in [6.07, 6.45) is 0. The zero-order valence-corrected chi connectivity index (χ0v) is 15.2. The SMILES string of the molecule is CCOC(=O)c1ccccc1N(C)S(=O)(=O)c1ccc(OCC)cc1. The van der Waals surface area contributed by atoms with Crippen LogP contribution in [-0.2, 0) is 14.8 Å². The first-order chi connectivity index (χ1) is 11.9. The number of benzene rings is 2. The Morgan fingerprint density at radius 1 is 1.00 bits per heavy atom. The Hall–Kier alpha value is -2.54. The van der Waals surface area contributed by atoms with E-state index in [1.807, 2.05) is 6.92 Å². The van der Waals surface area contributed by atoms with Gasteiger partial charge in [0.2, 0.25) is 0 Å². The molecule has 0 spiro atoms. The van der Waals surface area contributed by atoms with E-state index in [0.29, 0.717) is 12.4 Å². The molecule has 0 saturated heterocycles. The van der Waals surface area contributed by atoms with Crippen LogP contribution in [0.25, 0.3) is 0 Å². The minimum absolute atomic E-state index is 0.108. The fourth-order valence-corrected chi connectivity index (χ4v) is 3.51. The van der Waals surface area contributed by atoms with Crippen LogP contribution in [0.4, 0.5) is 5.69 Å². The minimum atomic E-state index is -3.82. The standard InChI is InChI=1S/C18H21NO5S/c1-4-23-14-10-12-15(13-11-14)25(21,22)19(3)17-9-7-6-8-16(17)18(20)24-5-2/h6-13H,4-5H2,1-3H3. The third kappa shape index (κ3) is 4.11. The number of esters is 1. The third-order valence-electron chi connectivity index (χ3n) is 3.53. The number of rotatable bonds is 7.